The Balaban J connectivity index is 1.98. The lowest BCUT2D eigenvalue weighted by Gasteiger charge is -2.40. The van der Waals surface area contributed by atoms with Gasteiger partial charge in [-0.15, -0.1) is 11.3 Å². The van der Waals surface area contributed by atoms with Gasteiger partial charge in [0.25, 0.3) is 0 Å². The lowest BCUT2D eigenvalue weighted by atomic mass is 9.86. The number of hydrogen-bond acceptors (Lipinski definition) is 3. The highest BCUT2D eigenvalue weighted by atomic mass is 32.1. The van der Waals surface area contributed by atoms with Crippen LogP contribution in [0.1, 0.15) is 43.4 Å². The maximum Gasteiger partial charge on any atom is 0.0771 e. The van der Waals surface area contributed by atoms with Gasteiger partial charge < -0.3 is 5.11 Å². The second-order valence-electron chi connectivity index (χ2n) is 6.03. The molecular formula is C17H25NOS. The molecule has 110 valence electrons. The van der Waals surface area contributed by atoms with Crippen LogP contribution in [0.4, 0.5) is 0 Å². The smallest absolute Gasteiger partial charge is 0.0771 e. The summed E-state index contributed by atoms with van der Waals surface area (Å²) in [6.07, 6.45) is 1.91. The van der Waals surface area contributed by atoms with E-state index in [1.54, 1.807) is 11.3 Å². The predicted molar refractivity (Wildman–Crippen MR) is 85.7 cm³/mol. The molecule has 2 heterocycles. The fraction of sp³-hybridized carbons (Fsp3) is 0.647. The number of rotatable bonds is 3. The van der Waals surface area contributed by atoms with Crippen molar-refractivity contribution in [2.24, 2.45) is 11.8 Å². The number of nitrogens with zero attached hydrogens (tertiary/aromatic N) is 1. The van der Waals surface area contributed by atoms with Crippen LogP contribution in [0, 0.1) is 23.7 Å². The fourth-order valence-corrected chi connectivity index (χ4v) is 3.89. The number of aliphatic hydroxyl groups excluding tert-OH is 1. The number of aliphatic hydroxyl groups is 1. The molecule has 1 aliphatic rings. The minimum atomic E-state index is 0.145. The standard InChI is InChI=1S/C17H25NOS/c1-13-10-14(2)15(3)18(11-13)12-17-8-7-16(20-17)6-4-5-9-19/h7-8,13-15,19H,5,9-12H2,1-3H3. The summed E-state index contributed by atoms with van der Waals surface area (Å²) in [6.45, 7) is 9.47. The van der Waals surface area contributed by atoms with Crippen LogP contribution < -0.4 is 0 Å². The second-order valence-corrected chi connectivity index (χ2v) is 7.20. The van der Waals surface area contributed by atoms with E-state index < -0.39 is 0 Å². The minimum Gasteiger partial charge on any atom is -0.395 e. The molecule has 0 aromatic carbocycles. The Morgan fingerprint density at radius 1 is 1.35 bits per heavy atom. The van der Waals surface area contributed by atoms with Crippen LogP contribution in [0.15, 0.2) is 12.1 Å². The number of hydrogen-bond donors (Lipinski definition) is 1. The van der Waals surface area contributed by atoms with Crippen molar-refractivity contribution in [2.75, 3.05) is 13.2 Å². The Labute approximate surface area is 126 Å². The quantitative estimate of drug-likeness (QED) is 0.863. The van der Waals surface area contributed by atoms with E-state index in [2.05, 4.69) is 49.6 Å². The average Bonchev–Trinajstić information content (AvgIpc) is 2.83. The van der Waals surface area contributed by atoms with Gasteiger partial charge in [0, 0.05) is 30.4 Å². The predicted octanol–water partition coefficient (Wildman–Crippen LogP) is 3.35. The van der Waals surface area contributed by atoms with E-state index in [0.29, 0.717) is 12.5 Å². The highest BCUT2D eigenvalue weighted by Gasteiger charge is 2.28. The first kappa shape index (κ1) is 15.6. The Morgan fingerprint density at radius 2 is 2.15 bits per heavy atom. The lowest BCUT2D eigenvalue weighted by Crippen LogP contribution is -2.44. The number of piperidine rings is 1. The first-order chi connectivity index (χ1) is 9.60. The summed E-state index contributed by atoms with van der Waals surface area (Å²) in [5.74, 6) is 7.69. The second kappa shape index (κ2) is 7.26. The monoisotopic (exact) mass is 291 g/mol. The molecule has 0 bridgehead atoms. The molecule has 2 nitrogen and oxygen atoms in total. The number of likely N-dealkylation sites (tertiary alicyclic amines) is 1. The summed E-state index contributed by atoms with van der Waals surface area (Å²) in [6, 6.07) is 4.97. The molecule has 2 rings (SSSR count). The first-order valence-electron chi connectivity index (χ1n) is 7.52. The molecule has 1 aromatic rings. The van der Waals surface area contributed by atoms with E-state index in [-0.39, 0.29) is 6.61 Å². The maximum atomic E-state index is 8.74. The van der Waals surface area contributed by atoms with E-state index in [4.69, 9.17) is 5.11 Å². The molecule has 3 heteroatoms. The van der Waals surface area contributed by atoms with Crippen molar-refractivity contribution < 1.29 is 5.11 Å². The highest BCUT2D eigenvalue weighted by molar-refractivity contribution is 7.12. The van der Waals surface area contributed by atoms with Crippen LogP contribution in [0.3, 0.4) is 0 Å². The maximum absolute atomic E-state index is 8.74. The molecule has 1 saturated heterocycles. The topological polar surface area (TPSA) is 23.5 Å². The van der Waals surface area contributed by atoms with Gasteiger partial charge in [-0.1, -0.05) is 25.7 Å². The van der Waals surface area contributed by atoms with Gasteiger partial charge in [0.1, 0.15) is 0 Å². The van der Waals surface area contributed by atoms with Gasteiger partial charge in [-0.05, 0) is 37.3 Å². The zero-order valence-electron chi connectivity index (χ0n) is 12.7. The van der Waals surface area contributed by atoms with Crippen molar-refractivity contribution in [1.82, 2.24) is 4.90 Å². The van der Waals surface area contributed by atoms with Crippen LogP contribution in [-0.2, 0) is 6.54 Å². The Bertz CT molecular complexity index is 485. The van der Waals surface area contributed by atoms with Crippen LogP contribution in [0.25, 0.3) is 0 Å². The van der Waals surface area contributed by atoms with Crippen LogP contribution in [-0.4, -0.2) is 29.2 Å². The molecule has 0 spiro atoms. The minimum absolute atomic E-state index is 0.145. The van der Waals surface area contributed by atoms with E-state index in [1.165, 1.54) is 17.8 Å². The molecule has 0 amide bonds. The van der Waals surface area contributed by atoms with Crippen molar-refractivity contribution in [1.29, 1.82) is 0 Å². The molecule has 3 unspecified atom stereocenters. The molecule has 3 atom stereocenters. The summed E-state index contributed by atoms with van der Waals surface area (Å²) in [5.41, 5.74) is 0. The molecule has 1 N–H and O–H groups in total. The normalized spacial score (nSPS) is 27.1. The first-order valence-corrected chi connectivity index (χ1v) is 8.34. The summed E-state index contributed by atoms with van der Waals surface area (Å²) >= 11 is 1.78. The van der Waals surface area contributed by atoms with Gasteiger partial charge in [-0.25, -0.2) is 0 Å². The third kappa shape index (κ3) is 4.09. The molecule has 1 aromatic heterocycles. The van der Waals surface area contributed by atoms with Gasteiger partial charge >= 0.3 is 0 Å². The summed E-state index contributed by atoms with van der Waals surface area (Å²) in [4.78, 5) is 5.11. The average molecular weight is 291 g/mol. The van der Waals surface area contributed by atoms with Crippen LogP contribution in [0.5, 0.6) is 0 Å². The van der Waals surface area contributed by atoms with Gasteiger partial charge in [-0.2, -0.15) is 0 Å². The summed E-state index contributed by atoms with van der Waals surface area (Å²) in [5, 5.41) is 8.74. The van der Waals surface area contributed by atoms with E-state index >= 15 is 0 Å². The van der Waals surface area contributed by atoms with Crippen molar-refractivity contribution in [3.63, 3.8) is 0 Å². The van der Waals surface area contributed by atoms with Crippen molar-refractivity contribution >= 4 is 11.3 Å². The summed E-state index contributed by atoms with van der Waals surface area (Å²) < 4.78 is 0. The fourth-order valence-electron chi connectivity index (χ4n) is 2.98. The van der Waals surface area contributed by atoms with E-state index in [1.807, 2.05) is 0 Å². The third-order valence-electron chi connectivity index (χ3n) is 4.19. The van der Waals surface area contributed by atoms with Gasteiger partial charge in [-0.3, -0.25) is 4.90 Å². The highest BCUT2D eigenvalue weighted by Crippen LogP contribution is 2.29. The zero-order chi connectivity index (χ0) is 14.5. The third-order valence-corrected chi connectivity index (χ3v) is 5.17. The molecule has 1 fully saturated rings. The molecule has 1 aliphatic heterocycles. The van der Waals surface area contributed by atoms with Gasteiger partial charge in [0.05, 0.1) is 11.5 Å². The Morgan fingerprint density at radius 3 is 2.90 bits per heavy atom. The Kier molecular flexibility index (Phi) is 5.65. The van der Waals surface area contributed by atoms with Crippen molar-refractivity contribution in [3.8, 4) is 11.8 Å². The summed E-state index contributed by atoms with van der Waals surface area (Å²) in [7, 11) is 0. The largest absolute Gasteiger partial charge is 0.395 e. The van der Waals surface area contributed by atoms with Crippen molar-refractivity contribution in [2.45, 2.75) is 46.2 Å². The molecule has 0 radical (unpaired) electrons. The molecule has 20 heavy (non-hydrogen) atoms. The molecule has 0 saturated carbocycles. The van der Waals surface area contributed by atoms with E-state index in [0.717, 1.165) is 23.3 Å². The van der Waals surface area contributed by atoms with Crippen LogP contribution in [0.2, 0.25) is 0 Å². The van der Waals surface area contributed by atoms with Crippen LogP contribution >= 0.6 is 11.3 Å². The molecular weight excluding hydrogens is 266 g/mol. The van der Waals surface area contributed by atoms with Gasteiger partial charge in [0.15, 0.2) is 0 Å². The Hall–Kier alpha value is -0.820. The molecule has 0 aliphatic carbocycles. The van der Waals surface area contributed by atoms with Crippen molar-refractivity contribution in [3.05, 3.63) is 21.9 Å². The lowest BCUT2D eigenvalue weighted by molar-refractivity contribution is 0.0739. The number of thiophene rings is 1. The zero-order valence-corrected chi connectivity index (χ0v) is 13.5. The van der Waals surface area contributed by atoms with Gasteiger partial charge in [0.2, 0.25) is 0 Å². The van der Waals surface area contributed by atoms with E-state index in [9.17, 15) is 0 Å². The SMILES string of the molecule is CC1CC(C)C(C)N(Cc2ccc(C#CCCO)s2)C1.